The highest BCUT2D eigenvalue weighted by Gasteiger charge is 2.11. The highest BCUT2D eigenvalue weighted by molar-refractivity contribution is 6.34. The third-order valence-corrected chi connectivity index (χ3v) is 3.79. The van der Waals surface area contributed by atoms with Gasteiger partial charge in [0.25, 0.3) is 5.91 Å². The van der Waals surface area contributed by atoms with Crippen LogP contribution in [0.5, 0.6) is 0 Å². The highest BCUT2D eigenvalue weighted by Crippen LogP contribution is 2.24. The minimum absolute atomic E-state index is 0.285. The lowest BCUT2D eigenvalue weighted by atomic mass is 10.1. The number of amides is 1. The van der Waals surface area contributed by atoms with Crippen molar-refractivity contribution in [1.82, 2.24) is 0 Å². The van der Waals surface area contributed by atoms with Gasteiger partial charge in [0.05, 0.1) is 10.6 Å². The van der Waals surface area contributed by atoms with E-state index in [0.29, 0.717) is 22.0 Å². The number of benzene rings is 3. The minimum Gasteiger partial charge on any atom is -0.399 e. The Hall–Kier alpha value is -2.78. The van der Waals surface area contributed by atoms with Crippen LogP contribution in [0.25, 0.3) is 11.1 Å². The van der Waals surface area contributed by atoms with Crippen molar-refractivity contribution in [3.63, 3.8) is 0 Å². The monoisotopic (exact) mass is 322 g/mol. The SMILES string of the molecule is Nc1ccc(Cl)c(C(=O)Nc2cccc(-c3ccccc3)c2)c1. The maximum atomic E-state index is 12.4. The van der Waals surface area contributed by atoms with Gasteiger partial charge in [-0.1, -0.05) is 54.1 Å². The van der Waals surface area contributed by atoms with Crippen LogP contribution in [0.15, 0.2) is 72.8 Å². The second-order valence-corrected chi connectivity index (χ2v) is 5.55. The van der Waals surface area contributed by atoms with Crippen LogP contribution >= 0.6 is 11.6 Å². The molecule has 3 rings (SSSR count). The summed E-state index contributed by atoms with van der Waals surface area (Å²) < 4.78 is 0. The molecule has 114 valence electrons. The molecule has 0 aliphatic rings. The number of rotatable bonds is 3. The maximum absolute atomic E-state index is 12.4. The lowest BCUT2D eigenvalue weighted by molar-refractivity contribution is 0.102. The average Bonchev–Trinajstić information content (AvgIpc) is 2.58. The molecular formula is C19H15ClN2O. The molecule has 1 amide bonds. The molecule has 0 saturated carbocycles. The predicted octanol–water partition coefficient (Wildman–Crippen LogP) is 4.84. The van der Waals surface area contributed by atoms with Gasteiger partial charge >= 0.3 is 0 Å². The number of halogens is 1. The van der Waals surface area contributed by atoms with Crippen LogP contribution in [-0.4, -0.2) is 5.91 Å². The van der Waals surface area contributed by atoms with Gasteiger partial charge in [-0.15, -0.1) is 0 Å². The fourth-order valence-corrected chi connectivity index (χ4v) is 2.53. The Labute approximate surface area is 139 Å². The van der Waals surface area contributed by atoms with Gasteiger partial charge in [-0.3, -0.25) is 4.79 Å². The summed E-state index contributed by atoms with van der Waals surface area (Å²) in [5.41, 5.74) is 9.40. The number of nitrogens with two attached hydrogens (primary N) is 1. The molecule has 0 spiro atoms. The summed E-state index contributed by atoms with van der Waals surface area (Å²) in [6.07, 6.45) is 0. The van der Waals surface area contributed by atoms with Crippen molar-refractivity contribution in [1.29, 1.82) is 0 Å². The van der Waals surface area contributed by atoms with Gasteiger partial charge in [0.2, 0.25) is 0 Å². The second kappa shape index (κ2) is 6.55. The third kappa shape index (κ3) is 3.52. The summed E-state index contributed by atoms with van der Waals surface area (Å²) in [5.74, 6) is -0.285. The van der Waals surface area contributed by atoms with Crippen LogP contribution in [0.2, 0.25) is 5.02 Å². The van der Waals surface area contributed by atoms with Crippen LogP contribution in [-0.2, 0) is 0 Å². The molecule has 0 atom stereocenters. The smallest absolute Gasteiger partial charge is 0.257 e. The molecule has 0 aromatic heterocycles. The Morgan fingerprint density at radius 1 is 0.870 bits per heavy atom. The van der Waals surface area contributed by atoms with E-state index in [4.69, 9.17) is 17.3 Å². The number of carbonyl (C=O) groups is 1. The van der Waals surface area contributed by atoms with Crippen molar-refractivity contribution >= 4 is 28.9 Å². The largest absolute Gasteiger partial charge is 0.399 e. The standard InChI is InChI=1S/C19H15ClN2O/c20-18-10-9-15(21)12-17(18)19(23)22-16-8-4-7-14(11-16)13-5-2-1-3-6-13/h1-12H,21H2,(H,22,23). The van der Waals surface area contributed by atoms with Crippen LogP contribution in [0.1, 0.15) is 10.4 Å². The van der Waals surface area contributed by atoms with Crippen molar-refractivity contribution in [2.45, 2.75) is 0 Å². The normalized spacial score (nSPS) is 10.3. The molecule has 0 saturated heterocycles. The van der Waals surface area contributed by atoms with Crippen LogP contribution in [0.3, 0.4) is 0 Å². The molecule has 23 heavy (non-hydrogen) atoms. The van der Waals surface area contributed by atoms with Gasteiger partial charge in [0, 0.05) is 11.4 Å². The highest BCUT2D eigenvalue weighted by atomic mass is 35.5. The lowest BCUT2D eigenvalue weighted by Crippen LogP contribution is -2.12. The molecule has 0 heterocycles. The zero-order valence-corrected chi connectivity index (χ0v) is 13.0. The predicted molar refractivity (Wildman–Crippen MR) is 95.7 cm³/mol. The molecule has 4 heteroatoms. The van der Waals surface area contributed by atoms with Gasteiger partial charge in [0.15, 0.2) is 0 Å². The van der Waals surface area contributed by atoms with Gasteiger partial charge in [0.1, 0.15) is 0 Å². The second-order valence-electron chi connectivity index (χ2n) is 5.14. The van der Waals surface area contributed by atoms with E-state index in [1.807, 2.05) is 54.6 Å². The molecule has 0 bridgehead atoms. The Morgan fingerprint density at radius 2 is 1.61 bits per heavy atom. The zero-order valence-electron chi connectivity index (χ0n) is 12.3. The van der Waals surface area contributed by atoms with E-state index in [0.717, 1.165) is 11.1 Å². The van der Waals surface area contributed by atoms with E-state index in [1.165, 1.54) is 0 Å². The number of nitrogens with one attached hydrogen (secondary N) is 1. The summed E-state index contributed by atoms with van der Waals surface area (Å²) in [7, 11) is 0. The Morgan fingerprint density at radius 3 is 2.39 bits per heavy atom. The fourth-order valence-electron chi connectivity index (χ4n) is 2.32. The molecule has 0 fully saturated rings. The number of hydrogen-bond donors (Lipinski definition) is 2. The van der Waals surface area contributed by atoms with Gasteiger partial charge in [-0.2, -0.15) is 0 Å². The van der Waals surface area contributed by atoms with E-state index in [9.17, 15) is 4.79 Å². The fraction of sp³-hybridized carbons (Fsp3) is 0. The molecule has 3 aromatic carbocycles. The molecular weight excluding hydrogens is 308 g/mol. The summed E-state index contributed by atoms with van der Waals surface area (Å²) in [4.78, 5) is 12.4. The Kier molecular flexibility index (Phi) is 4.31. The molecule has 0 aliphatic heterocycles. The van der Waals surface area contributed by atoms with Gasteiger partial charge in [-0.05, 0) is 41.5 Å². The summed E-state index contributed by atoms with van der Waals surface area (Å²) >= 11 is 6.07. The molecule has 0 radical (unpaired) electrons. The van der Waals surface area contributed by atoms with E-state index < -0.39 is 0 Å². The molecule has 0 aliphatic carbocycles. The topological polar surface area (TPSA) is 55.1 Å². The van der Waals surface area contributed by atoms with Crippen molar-refractivity contribution in [3.8, 4) is 11.1 Å². The van der Waals surface area contributed by atoms with Gasteiger partial charge < -0.3 is 11.1 Å². The summed E-state index contributed by atoms with van der Waals surface area (Å²) in [5, 5.41) is 3.23. The number of hydrogen-bond acceptors (Lipinski definition) is 2. The number of carbonyl (C=O) groups excluding carboxylic acids is 1. The molecule has 0 unspecified atom stereocenters. The van der Waals surface area contributed by atoms with E-state index in [1.54, 1.807) is 18.2 Å². The minimum atomic E-state index is -0.285. The third-order valence-electron chi connectivity index (χ3n) is 3.46. The van der Waals surface area contributed by atoms with Crippen molar-refractivity contribution in [2.24, 2.45) is 0 Å². The van der Waals surface area contributed by atoms with E-state index >= 15 is 0 Å². The Bertz CT molecular complexity index is 847. The van der Waals surface area contributed by atoms with Crippen LogP contribution in [0, 0.1) is 0 Å². The van der Waals surface area contributed by atoms with Crippen LogP contribution < -0.4 is 11.1 Å². The first-order valence-electron chi connectivity index (χ1n) is 7.15. The molecule has 3 aromatic rings. The van der Waals surface area contributed by atoms with E-state index in [2.05, 4.69) is 5.32 Å². The molecule has 3 N–H and O–H groups in total. The van der Waals surface area contributed by atoms with Crippen LogP contribution in [0.4, 0.5) is 11.4 Å². The first kappa shape index (κ1) is 15.1. The Balaban J connectivity index is 1.86. The van der Waals surface area contributed by atoms with Crippen molar-refractivity contribution < 1.29 is 4.79 Å². The first-order valence-corrected chi connectivity index (χ1v) is 7.53. The summed E-state index contributed by atoms with van der Waals surface area (Å²) in [6.45, 7) is 0. The van der Waals surface area contributed by atoms with E-state index in [-0.39, 0.29) is 5.91 Å². The molecule has 3 nitrogen and oxygen atoms in total. The lowest BCUT2D eigenvalue weighted by Gasteiger charge is -2.09. The van der Waals surface area contributed by atoms with Gasteiger partial charge in [-0.25, -0.2) is 0 Å². The number of anilines is 2. The maximum Gasteiger partial charge on any atom is 0.257 e. The summed E-state index contributed by atoms with van der Waals surface area (Å²) in [6, 6.07) is 22.5. The van der Waals surface area contributed by atoms with Crippen molar-refractivity contribution in [2.75, 3.05) is 11.1 Å². The zero-order chi connectivity index (χ0) is 16.2. The first-order chi connectivity index (χ1) is 11.1. The van der Waals surface area contributed by atoms with Crippen molar-refractivity contribution in [3.05, 3.63) is 83.4 Å². The number of nitrogen functional groups attached to an aromatic ring is 1. The average molecular weight is 323 g/mol. The quantitative estimate of drug-likeness (QED) is 0.678.